The Hall–Kier alpha value is -0.790. The van der Waals surface area contributed by atoms with Crippen LogP contribution in [0.15, 0.2) is 36.4 Å². The smallest absolute Gasteiger partial charge is 0.0404 e. The lowest BCUT2D eigenvalue weighted by atomic mass is 10.1. The molecule has 0 aromatic heterocycles. The molecule has 0 bridgehead atoms. The summed E-state index contributed by atoms with van der Waals surface area (Å²) in [4.78, 5) is 0. The minimum Gasteiger partial charge on any atom is -0.307 e. The van der Waals surface area contributed by atoms with Crippen LogP contribution in [0.4, 0.5) is 0 Å². The molecule has 0 saturated heterocycles. The Labute approximate surface area is 97.1 Å². The molecule has 0 saturated carbocycles. The summed E-state index contributed by atoms with van der Waals surface area (Å²) in [6, 6.07) is 8.99. The molecule has 1 aromatic carbocycles. The number of benzene rings is 1. The molecule has 1 aromatic rings. The van der Waals surface area contributed by atoms with Crippen LogP contribution in [0.3, 0.4) is 0 Å². The van der Waals surface area contributed by atoms with E-state index in [1.54, 1.807) is 0 Å². The van der Waals surface area contributed by atoms with Gasteiger partial charge in [0.2, 0.25) is 0 Å². The van der Waals surface area contributed by atoms with Crippen molar-refractivity contribution in [3.05, 3.63) is 47.5 Å². The van der Waals surface area contributed by atoms with Crippen molar-refractivity contribution < 1.29 is 0 Å². The summed E-state index contributed by atoms with van der Waals surface area (Å²) in [6.45, 7) is 5.13. The molecule has 0 spiro atoms. The van der Waals surface area contributed by atoms with E-state index in [2.05, 4.69) is 49.5 Å². The van der Waals surface area contributed by atoms with E-state index in [1.165, 1.54) is 11.1 Å². The van der Waals surface area contributed by atoms with Crippen molar-refractivity contribution in [1.29, 1.82) is 0 Å². The molecular formula is C13H18ClN. The average molecular weight is 224 g/mol. The molecule has 0 unspecified atom stereocenters. The van der Waals surface area contributed by atoms with Gasteiger partial charge in [0.25, 0.3) is 0 Å². The Morgan fingerprint density at radius 3 is 2.53 bits per heavy atom. The van der Waals surface area contributed by atoms with E-state index < -0.39 is 0 Å². The number of nitrogens with one attached hydrogen (secondary N) is 1. The van der Waals surface area contributed by atoms with Crippen LogP contribution in [-0.4, -0.2) is 12.4 Å². The number of aryl methyl sites for hydroxylation is 1. The number of allylic oxidation sites excluding steroid dienone is 1. The maximum Gasteiger partial charge on any atom is 0.0404 e. The summed E-state index contributed by atoms with van der Waals surface area (Å²) in [7, 11) is 0. The number of halogens is 1. The zero-order valence-corrected chi connectivity index (χ0v) is 10.1. The quantitative estimate of drug-likeness (QED) is 0.596. The largest absolute Gasteiger partial charge is 0.307 e. The monoisotopic (exact) mass is 223 g/mol. The Morgan fingerprint density at radius 1 is 1.27 bits per heavy atom. The molecule has 0 radical (unpaired) electrons. The number of rotatable bonds is 5. The first kappa shape index (κ1) is 12.3. The lowest BCUT2D eigenvalue weighted by molar-refractivity contribution is 0.617. The third-order valence-corrected chi connectivity index (χ3v) is 2.55. The Morgan fingerprint density at radius 2 is 1.93 bits per heavy atom. The molecule has 0 amide bonds. The van der Waals surface area contributed by atoms with E-state index in [1.807, 2.05) is 6.08 Å². The molecule has 1 N–H and O–H groups in total. The predicted molar refractivity (Wildman–Crippen MR) is 67.5 cm³/mol. The minimum atomic E-state index is 0.380. The molecule has 1 nitrogen and oxygen atoms in total. The molecule has 1 atom stereocenters. The van der Waals surface area contributed by atoms with Gasteiger partial charge in [0.1, 0.15) is 0 Å². The van der Waals surface area contributed by atoms with Crippen molar-refractivity contribution in [2.24, 2.45) is 0 Å². The van der Waals surface area contributed by atoms with Gasteiger partial charge in [-0.25, -0.2) is 0 Å². The minimum absolute atomic E-state index is 0.380. The van der Waals surface area contributed by atoms with Crippen LogP contribution in [-0.2, 0) is 0 Å². The fourth-order valence-corrected chi connectivity index (χ4v) is 1.49. The zero-order valence-electron chi connectivity index (χ0n) is 9.33. The third-order valence-electron chi connectivity index (χ3n) is 2.37. The highest BCUT2D eigenvalue weighted by molar-refractivity contribution is 6.18. The maximum absolute atomic E-state index is 5.54. The standard InChI is InChI=1S/C13H18ClN/c1-11-5-7-13(8-6-11)12(2)15-10-4-3-9-14/h3-8,12,15H,9-10H2,1-2H3/b4-3+/t12-/m0/s1. The van der Waals surface area contributed by atoms with Crippen molar-refractivity contribution in [3.8, 4) is 0 Å². The van der Waals surface area contributed by atoms with E-state index in [9.17, 15) is 0 Å². The highest BCUT2D eigenvalue weighted by atomic mass is 35.5. The van der Waals surface area contributed by atoms with Crippen LogP contribution in [0.25, 0.3) is 0 Å². The van der Waals surface area contributed by atoms with Gasteiger partial charge >= 0.3 is 0 Å². The van der Waals surface area contributed by atoms with Crippen molar-refractivity contribution in [1.82, 2.24) is 5.32 Å². The van der Waals surface area contributed by atoms with E-state index >= 15 is 0 Å². The van der Waals surface area contributed by atoms with Crippen LogP contribution in [0.2, 0.25) is 0 Å². The Balaban J connectivity index is 2.43. The molecule has 1 rings (SSSR count). The first-order valence-electron chi connectivity index (χ1n) is 5.25. The van der Waals surface area contributed by atoms with Gasteiger partial charge in [0.15, 0.2) is 0 Å². The highest BCUT2D eigenvalue weighted by Gasteiger charge is 2.01. The maximum atomic E-state index is 5.54. The summed E-state index contributed by atoms with van der Waals surface area (Å²) < 4.78 is 0. The van der Waals surface area contributed by atoms with Crippen molar-refractivity contribution in [3.63, 3.8) is 0 Å². The Kier molecular flexibility index (Phi) is 5.44. The SMILES string of the molecule is Cc1ccc([C@H](C)NC/C=C/CCl)cc1. The fraction of sp³-hybridized carbons (Fsp3) is 0.385. The number of hydrogen-bond acceptors (Lipinski definition) is 1. The second-order valence-corrected chi connectivity index (χ2v) is 3.97. The molecule has 0 aliphatic heterocycles. The van der Waals surface area contributed by atoms with Crippen LogP contribution < -0.4 is 5.32 Å². The van der Waals surface area contributed by atoms with Crippen LogP contribution >= 0.6 is 11.6 Å². The molecule has 0 heterocycles. The first-order valence-corrected chi connectivity index (χ1v) is 5.78. The van der Waals surface area contributed by atoms with Gasteiger partial charge in [-0.3, -0.25) is 0 Å². The van der Waals surface area contributed by atoms with Gasteiger partial charge in [-0.15, -0.1) is 11.6 Å². The highest BCUT2D eigenvalue weighted by Crippen LogP contribution is 2.12. The summed E-state index contributed by atoms with van der Waals surface area (Å²) in [5, 5.41) is 3.41. The van der Waals surface area contributed by atoms with Crippen molar-refractivity contribution >= 4 is 11.6 Å². The van der Waals surface area contributed by atoms with Crippen molar-refractivity contribution in [2.45, 2.75) is 19.9 Å². The normalized spacial score (nSPS) is 13.3. The van der Waals surface area contributed by atoms with Gasteiger partial charge in [0, 0.05) is 18.5 Å². The lowest BCUT2D eigenvalue weighted by Crippen LogP contribution is -2.18. The molecule has 0 fully saturated rings. The van der Waals surface area contributed by atoms with Crippen LogP contribution in [0.5, 0.6) is 0 Å². The first-order chi connectivity index (χ1) is 7.24. The van der Waals surface area contributed by atoms with Gasteiger partial charge in [0.05, 0.1) is 0 Å². The van der Waals surface area contributed by atoms with Crippen LogP contribution in [0.1, 0.15) is 24.1 Å². The van der Waals surface area contributed by atoms with Gasteiger partial charge < -0.3 is 5.32 Å². The third kappa shape index (κ3) is 4.50. The zero-order chi connectivity index (χ0) is 11.1. The molecule has 2 heteroatoms. The predicted octanol–water partition coefficient (Wildman–Crippen LogP) is 3.44. The summed E-state index contributed by atoms with van der Waals surface area (Å²) in [5.41, 5.74) is 2.62. The molecule has 15 heavy (non-hydrogen) atoms. The van der Waals surface area contributed by atoms with E-state index in [-0.39, 0.29) is 0 Å². The van der Waals surface area contributed by atoms with Gasteiger partial charge in [-0.2, -0.15) is 0 Å². The van der Waals surface area contributed by atoms with Crippen LogP contribution in [0, 0.1) is 6.92 Å². The second kappa shape index (κ2) is 6.65. The lowest BCUT2D eigenvalue weighted by Gasteiger charge is -2.12. The number of alkyl halides is 1. The average Bonchev–Trinajstić information content (AvgIpc) is 2.25. The van der Waals surface area contributed by atoms with Crippen molar-refractivity contribution in [2.75, 3.05) is 12.4 Å². The summed E-state index contributed by atoms with van der Waals surface area (Å²) in [6.07, 6.45) is 4.01. The molecule has 82 valence electrons. The summed E-state index contributed by atoms with van der Waals surface area (Å²) >= 11 is 5.54. The molecular weight excluding hydrogens is 206 g/mol. The van der Waals surface area contributed by atoms with E-state index in [0.717, 1.165) is 6.54 Å². The van der Waals surface area contributed by atoms with Gasteiger partial charge in [-0.05, 0) is 19.4 Å². The second-order valence-electron chi connectivity index (χ2n) is 3.67. The van der Waals surface area contributed by atoms with E-state index in [4.69, 9.17) is 11.6 Å². The molecule has 0 aliphatic carbocycles. The topological polar surface area (TPSA) is 12.0 Å². The summed E-state index contributed by atoms with van der Waals surface area (Å²) in [5.74, 6) is 0.584. The van der Waals surface area contributed by atoms with Gasteiger partial charge in [-0.1, -0.05) is 42.0 Å². The fourth-order valence-electron chi connectivity index (χ4n) is 1.36. The molecule has 0 aliphatic rings. The van der Waals surface area contributed by atoms with E-state index in [0.29, 0.717) is 11.9 Å². The Bertz CT molecular complexity index is 303. The number of hydrogen-bond donors (Lipinski definition) is 1.